The Morgan fingerprint density at radius 1 is 1.48 bits per heavy atom. The molecule has 114 valence electrons. The number of nitrogens with zero attached hydrogens (tertiary/aromatic N) is 2. The first-order valence-electron chi connectivity index (χ1n) is 7.66. The molecule has 1 N–H and O–H groups in total. The Bertz CT molecular complexity index is 548. The Labute approximate surface area is 124 Å². The van der Waals surface area contributed by atoms with Crippen LogP contribution in [0.1, 0.15) is 45.1 Å². The summed E-state index contributed by atoms with van der Waals surface area (Å²) in [5, 5.41) is 9.91. The van der Waals surface area contributed by atoms with Gasteiger partial charge in [0.15, 0.2) is 0 Å². The topological polar surface area (TPSA) is 62.7 Å². The number of aliphatic hydroxyl groups is 1. The molecular weight excluding hydrogens is 268 g/mol. The molecule has 5 heteroatoms. The fourth-order valence-corrected chi connectivity index (χ4v) is 3.18. The fraction of sp³-hybridized carbons (Fsp3) is 0.625. The zero-order valence-electron chi connectivity index (χ0n) is 12.6. The minimum absolute atomic E-state index is 0.0708. The number of hydrogen-bond donors (Lipinski definition) is 1. The summed E-state index contributed by atoms with van der Waals surface area (Å²) in [6, 6.07) is 2.07. The summed E-state index contributed by atoms with van der Waals surface area (Å²) in [6.45, 7) is 4.55. The van der Waals surface area contributed by atoms with Gasteiger partial charge in [0.2, 0.25) is 5.91 Å². The van der Waals surface area contributed by atoms with E-state index in [1.54, 1.807) is 11.1 Å². The first-order chi connectivity index (χ1) is 10.00. The first kappa shape index (κ1) is 14.3. The molecule has 2 aliphatic rings. The fourth-order valence-electron chi connectivity index (χ4n) is 3.18. The number of pyridine rings is 1. The van der Waals surface area contributed by atoms with Crippen LogP contribution >= 0.6 is 0 Å². The van der Waals surface area contributed by atoms with Crippen molar-refractivity contribution in [3.63, 3.8) is 0 Å². The number of hydrogen-bond acceptors (Lipinski definition) is 4. The van der Waals surface area contributed by atoms with Crippen LogP contribution in [0.2, 0.25) is 0 Å². The first-order valence-corrected chi connectivity index (χ1v) is 7.66. The summed E-state index contributed by atoms with van der Waals surface area (Å²) >= 11 is 0. The van der Waals surface area contributed by atoms with E-state index in [9.17, 15) is 9.90 Å². The Morgan fingerprint density at radius 3 is 2.90 bits per heavy atom. The van der Waals surface area contributed by atoms with Gasteiger partial charge < -0.3 is 9.84 Å². The number of carbonyl (C=O) groups is 1. The van der Waals surface area contributed by atoms with E-state index >= 15 is 0 Å². The van der Waals surface area contributed by atoms with Crippen LogP contribution in [0.25, 0.3) is 0 Å². The smallest absolute Gasteiger partial charge is 0.228 e. The summed E-state index contributed by atoms with van der Waals surface area (Å²) in [5.74, 6) is 1.62. The molecule has 1 aromatic heterocycles. The molecule has 5 nitrogen and oxygen atoms in total. The largest absolute Gasteiger partial charge is 0.492 e. The standard InChI is InChI=1S/C16H22N2O3/c1-3-6-21-13-7-11-4-5-14(19)18(15(11)17-10-13)12-8-16(2,20)9-12/h7,10,12,20H,3-6,8-9H2,1-2H3. The number of amides is 1. The Morgan fingerprint density at radius 2 is 2.24 bits per heavy atom. The number of rotatable bonds is 4. The molecule has 0 saturated heterocycles. The average Bonchev–Trinajstić information content (AvgIpc) is 2.42. The maximum Gasteiger partial charge on any atom is 0.228 e. The number of anilines is 1. The molecule has 21 heavy (non-hydrogen) atoms. The van der Waals surface area contributed by atoms with Crippen molar-refractivity contribution in [2.24, 2.45) is 0 Å². The van der Waals surface area contributed by atoms with Gasteiger partial charge in [-0.2, -0.15) is 0 Å². The molecule has 0 radical (unpaired) electrons. The van der Waals surface area contributed by atoms with E-state index in [2.05, 4.69) is 11.9 Å². The predicted molar refractivity (Wildman–Crippen MR) is 79.5 cm³/mol. The number of ether oxygens (including phenoxy) is 1. The van der Waals surface area contributed by atoms with Crippen molar-refractivity contribution in [1.29, 1.82) is 0 Å². The second-order valence-corrected chi connectivity index (χ2v) is 6.32. The van der Waals surface area contributed by atoms with E-state index in [0.29, 0.717) is 32.3 Å². The van der Waals surface area contributed by atoms with Crippen LogP contribution in [0.3, 0.4) is 0 Å². The lowest BCUT2D eigenvalue weighted by atomic mass is 9.75. The molecule has 1 fully saturated rings. The summed E-state index contributed by atoms with van der Waals surface area (Å²) in [5.41, 5.74) is 0.418. The van der Waals surface area contributed by atoms with Crippen molar-refractivity contribution >= 4 is 11.7 Å². The zero-order valence-corrected chi connectivity index (χ0v) is 12.6. The van der Waals surface area contributed by atoms with Crippen molar-refractivity contribution in [2.45, 2.75) is 57.6 Å². The summed E-state index contributed by atoms with van der Waals surface area (Å²) in [7, 11) is 0. The molecule has 1 aliphatic carbocycles. The Kier molecular flexibility index (Phi) is 3.61. The van der Waals surface area contributed by atoms with Gasteiger partial charge in [0.25, 0.3) is 0 Å². The number of carbonyl (C=O) groups excluding carboxylic acids is 1. The molecule has 2 heterocycles. The molecule has 1 amide bonds. The van der Waals surface area contributed by atoms with E-state index < -0.39 is 5.60 Å². The molecule has 0 bridgehead atoms. The highest BCUT2D eigenvalue weighted by atomic mass is 16.5. The lowest BCUT2D eigenvalue weighted by Crippen LogP contribution is -2.57. The molecule has 1 aliphatic heterocycles. The maximum absolute atomic E-state index is 12.2. The van der Waals surface area contributed by atoms with Gasteiger partial charge in [-0.3, -0.25) is 9.69 Å². The third-order valence-corrected chi connectivity index (χ3v) is 4.21. The minimum Gasteiger partial charge on any atom is -0.492 e. The zero-order chi connectivity index (χ0) is 15.0. The molecule has 0 aromatic carbocycles. The summed E-state index contributed by atoms with van der Waals surface area (Å²) in [4.78, 5) is 18.5. The van der Waals surface area contributed by atoms with Crippen molar-refractivity contribution in [3.8, 4) is 5.75 Å². The van der Waals surface area contributed by atoms with Crippen LogP contribution in [-0.2, 0) is 11.2 Å². The molecule has 0 unspecified atom stereocenters. The monoisotopic (exact) mass is 290 g/mol. The average molecular weight is 290 g/mol. The van der Waals surface area contributed by atoms with Gasteiger partial charge >= 0.3 is 0 Å². The molecule has 1 saturated carbocycles. The number of fused-ring (bicyclic) bond motifs is 1. The van der Waals surface area contributed by atoms with Gasteiger partial charge in [-0.15, -0.1) is 0 Å². The quantitative estimate of drug-likeness (QED) is 0.922. The summed E-state index contributed by atoms with van der Waals surface area (Å²) in [6.07, 6.45) is 5.10. The maximum atomic E-state index is 12.2. The van der Waals surface area contributed by atoms with Gasteiger partial charge in [-0.25, -0.2) is 4.98 Å². The Balaban J connectivity index is 1.83. The highest BCUT2D eigenvalue weighted by Gasteiger charge is 2.45. The van der Waals surface area contributed by atoms with Gasteiger partial charge in [0.1, 0.15) is 11.6 Å². The SMILES string of the molecule is CCCOc1cnc2c(c1)CCC(=O)N2C1CC(C)(O)C1. The van der Waals surface area contributed by atoms with E-state index in [-0.39, 0.29) is 11.9 Å². The van der Waals surface area contributed by atoms with E-state index in [4.69, 9.17) is 4.74 Å². The van der Waals surface area contributed by atoms with E-state index in [0.717, 1.165) is 23.6 Å². The van der Waals surface area contributed by atoms with Crippen LogP contribution in [0.15, 0.2) is 12.3 Å². The third-order valence-electron chi connectivity index (χ3n) is 4.21. The number of aromatic nitrogens is 1. The molecular formula is C16H22N2O3. The minimum atomic E-state index is -0.646. The van der Waals surface area contributed by atoms with Crippen LogP contribution in [0.5, 0.6) is 5.75 Å². The van der Waals surface area contributed by atoms with Crippen LogP contribution < -0.4 is 9.64 Å². The van der Waals surface area contributed by atoms with E-state index in [1.165, 1.54) is 0 Å². The van der Waals surface area contributed by atoms with Gasteiger partial charge in [0.05, 0.1) is 18.4 Å². The predicted octanol–water partition coefficient (Wildman–Crippen LogP) is 2.06. The van der Waals surface area contributed by atoms with Crippen molar-refractivity contribution in [1.82, 2.24) is 4.98 Å². The van der Waals surface area contributed by atoms with Crippen molar-refractivity contribution in [2.75, 3.05) is 11.5 Å². The number of aryl methyl sites for hydroxylation is 1. The molecule has 3 rings (SSSR count). The van der Waals surface area contributed by atoms with Crippen LogP contribution in [-0.4, -0.2) is 34.2 Å². The van der Waals surface area contributed by atoms with E-state index in [1.807, 2.05) is 13.0 Å². The van der Waals surface area contributed by atoms with Crippen LogP contribution in [0, 0.1) is 0 Å². The second-order valence-electron chi connectivity index (χ2n) is 6.32. The normalized spacial score (nSPS) is 28.0. The highest BCUT2D eigenvalue weighted by Crippen LogP contribution is 2.40. The van der Waals surface area contributed by atoms with Gasteiger partial charge in [-0.05, 0) is 44.2 Å². The Hall–Kier alpha value is -1.62. The molecule has 0 spiro atoms. The van der Waals surface area contributed by atoms with Crippen LogP contribution in [0.4, 0.5) is 5.82 Å². The third kappa shape index (κ3) is 2.75. The molecule has 1 aromatic rings. The second kappa shape index (κ2) is 5.30. The summed E-state index contributed by atoms with van der Waals surface area (Å²) < 4.78 is 5.61. The lowest BCUT2D eigenvalue weighted by molar-refractivity contribution is -0.121. The van der Waals surface area contributed by atoms with Gasteiger partial charge in [0, 0.05) is 12.5 Å². The van der Waals surface area contributed by atoms with Gasteiger partial charge in [-0.1, -0.05) is 6.92 Å². The van der Waals surface area contributed by atoms with Crippen molar-refractivity contribution in [3.05, 3.63) is 17.8 Å². The molecule has 0 atom stereocenters. The van der Waals surface area contributed by atoms with Crippen molar-refractivity contribution < 1.29 is 14.6 Å². The highest BCUT2D eigenvalue weighted by molar-refractivity contribution is 5.96. The lowest BCUT2D eigenvalue weighted by Gasteiger charge is -2.47.